The Bertz CT molecular complexity index is 579. The highest BCUT2D eigenvalue weighted by atomic mass is 79.9. The first-order chi connectivity index (χ1) is 9.32. The lowest BCUT2D eigenvalue weighted by molar-refractivity contribution is 0.226. The zero-order valence-corrected chi connectivity index (χ0v) is 15.6. The van der Waals surface area contributed by atoms with E-state index in [-0.39, 0.29) is 0 Å². The van der Waals surface area contributed by atoms with Crippen molar-refractivity contribution in [3.8, 4) is 0 Å². The summed E-state index contributed by atoms with van der Waals surface area (Å²) in [7, 11) is -3.41. The van der Waals surface area contributed by atoms with Gasteiger partial charge < -0.3 is 0 Å². The predicted molar refractivity (Wildman–Crippen MR) is 88.2 cm³/mol. The Morgan fingerprint density at radius 1 is 1.20 bits per heavy atom. The first kappa shape index (κ1) is 16.5. The number of halogens is 2. The van der Waals surface area contributed by atoms with Gasteiger partial charge in [-0.2, -0.15) is 4.31 Å². The highest BCUT2D eigenvalue weighted by molar-refractivity contribution is 9.11. The largest absolute Gasteiger partial charge is 0.244 e. The molecule has 0 bridgehead atoms. The number of rotatable bonds is 3. The van der Waals surface area contributed by atoms with Crippen LogP contribution < -0.4 is 0 Å². The zero-order valence-electron chi connectivity index (χ0n) is 11.6. The summed E-state index contributed by atoms with van der Waals surface area (Å²) in [5, 5.41) is 0. The van der Waals surface area contributed by atoms with Crippen LogP contribution in [0.4, 0.5) is 0 Å². The number of nitrogens with zero attached hydrogens (tertiary/aromatic N) is 1. The predicted octanol–water partition coefficient (Wildman–Crippen LogP) is 4.27. The molecule has 0 saturated carbocycles. The molecule has 3 nitrogen and oxygen atoms in total. The highest BCUT2D eigenvalue weighted by Crippen LogP contribution is 2.32. The molecular formula is C14H19Br2NO2S. The van der Waals surface area contributed by atoms with Crippen molar-refractivity contribution in [1.82, 2.24) is 4.31 Å². The summed E-state index contributed by atoms with van der Waals surface area (Å²) in [6, 6.07) is 5.25. The van der Waals surface area contributed by atoms with Crippen molar-refractivity contribution in [1.29, 1.82) is 0 Å². The van der Waals surface area contributed by atoms with E-state index in [2.05, 4.69) is 45.7 Å². The average molecular weight is 425 g/mol. The first-order valence-corrected chi connectivity index (χ1v) is 9.80. The van der Waals surface area contributed by atoms with Gasteiger partial charge in [-0.15, -0.1) is 0 Å². The van der Waals surface area contributed by atoms with E-state index in [4.69, 9.17) is 0 Å². The molecule has 1 fully saturated rings. The summed E-state index contributed by atoms with van der Waals surface area (Å²) in [4.78, 5) is 0.342. The molecule has 0 atom stereocenters. The summed E-state index contributed by atoms with van der Waals surface area (Å²) >= 11 is 6.68. The van der Waals surface area contributed by atoms with Gasteiger partial charge in [0.2, 0.25) is 10.0 Å². The van der Waals surface area contributed by atoms with Crippen LogP contribution in [0.15, 0.2) is 32.0 Å². The fraction of sp³-hybridized carbons (Fsp3) is 0.571. The molecule has 2 rings (SSSR count). The summed E-state index contributed by atoms with van der Waals surface area (Å²) in [6.45, 7) is 5.65. The third kappa shape index (κ3) is 3.46. The van der Waals surface area contributed by atoms with Gasteiger partial charge >= 0.3 is 0 Å². The molecule has 1 heterocycles. The average Bonchev–Trinajstić information content (AvgIpc) is 2.41. The van der Waals surface area contributed by atoms with E-state index in [0.29, 0.717) is 34.3 Å². The molecule has 0 N–H and O–H groups in total. The Balaban J connectivity index is 2.22. The maximum atomic E-state index is 12.7. The van der Waals surface area contributed by atoms with E-state index in [9.17, 15) is 8.42 Å². The fourth-order valence-electron chi connectivity index (χ4n) is 2.60. The van der Waals surface area contributed by atoms with Crippen LogP contribution in [-0.2, 0) is 10.0 Å². The summed E-state index contributed by atoms with van der Waals surface area (Å²) in [5.74, 6) is 1.25. The van der Waals surface area contributed by atoms with Gasteiger partial charge in [-0.1, -0.05) is 29.8 Å². The van der Waals surface area contributed by atoms with Crippen LogP contribution in [0, 0.1) is 11.8 Å². The van der Waals surface area contributed by atoms with Crippen molar-refractivity contribution in [3.05, 3.63) is 27.1 Å². The SMILES string of the molecule is CC(C)C1CCN(S(=O)(=O)c2cc(Br)ccc2Br)CC1. The van der Waals surface area contributed by atoms with E-state index >= 15 is 0 Å². The second kappa shape index (κ2) is 6.46. The molecular weight excluding hydrogens is 406 g/mol. The van der Waals surface area contributed by atoms with E-state index in [1.807, 2.05) is 6.07 Å². The van der Waals surface area contributed by atoms with Gasteiger partial charge in [0, 0.05) is 22.0 Å². The standard InChI is InChI=1S/C14H19Br2NO2S/c1-10(2)11-5-7-17(8-6-11)20(18,19)14-9-12(15)3-4-13(14)16/h3-4,9-11H,5-8H2,1-2H3. The normalized spacial score (nSPS) is 18.6. The topological polar surface area (TPSA) is 37.4 Å². The van der Waals surface area contributed by atoms with Gasteiger partial charge in [0.1, 0.15) is 0 Å². The van der Waals surface area contributed by atoms with Crippen LogP contribution >= 0.6 is 31.9 Å². The minimum atomic E-state index is -3.41. The number of piperidine rings is 1. The quantitative estimate of drug-likeness (QED) is 0.726. The molecule has 20 heavy (non-hydrogen) atoms. The lowest BCUT2D eigenvalue weighted by Gasteiger charge is -2.33. The summed E-state index contributed by atoms with van der Waals surface area (Å²) in [5.41, 5.74) is 0. The lowest BCUT2D eigenvalue weighted by atomic mass is 9.87. The lowest BCUT2D eigenvalue weighted by Crippen LogP contribution is -2.39. The molecule has 0 unspecified atom stereocenters. The molecule has 0 spiro atoms. The molecule has 112 valence electrons. The molecule has 1 aliphatic rings. The van der Waals surface area contributed by atoms with Gasteiger partial charge in [-0.25, -0.2) is 8.42 Å². The maximum Gasteiger partial charge on any atom is 0.244 e. The van der Waals surface area contributed by atoms with E-state index in [1.54, 1.807) is 16.4 Å². The van der Waals surface area contributed by atoms with Crippen LogP contribution in [0.1, 0.15) is 26.7 Å². The molecule has 6 heteroatoms. The van der Waals surface area contributed by atoms with E-state index in [0.717, 1.165) is 17.3 Å². The van der Waals surface area contributed by atoms with E-state index < -0.39 is 10.0 Å². The third-order valence-corrected chi connectivity index (χ3v) is 7.34. The second-order valence-electron chi connectivity index (χ2n) is 5.56. The van der Waals surface area contributed by atoms with E-state index in [1.165, 1.54) is 0 Å². The minimum absolute atomic E-state index is 0.342. The van der Waals surface area contributed by atoms with Crippen LogP contribution in [0.5, 0.6) is 0 Å². The van der Waals surface area contributed by atoms with Crippen LogP contribution in [0.3, 0.4) is 0 Å². The smallest absolute Gasteiger partial charge is 0.207 e. The molecule has 1 aliphatic heterocycles. The summed E-state index contributed by atoms with van der Waals surface area (Å²) < 4.78 is 28.4. The van der Waals surface area contributed by atoms with Gasteiger partial charge in [0.15, 0.2) is 0 Å². The molecule has 1 saturated heterocycles. The van der Waals surface area contributed by atoms with Gasteiger partial charge in [-0.05, 0) is 58.8 Å². The van der Waals surface area contributed by atoms with Gasteiger partial charge in [0.05, 0.1) is 4.90 Å². The Kier molecular flexibility index (Phi) is 5.32. The van der Waals surface area contributed by atoms with Gasteiger partial charge in [-0.3, -0.25) is 0 Å². The molecule has 1 aromatic rings. The van der Waals surface area contributed by atoms with Crippen molar-refractivity contribution in [2.24, 2.45) is 11.8 Å². The first-order valence-electron chi connectivity index (χ1n) is 6.77. The molecule has 0 aliphatic carbocycles. The maximum absolute atomic E-state index is 12.7. The molecule has 0 radical (unpaired) electrons. The Morgan fingerprint density at radius 3 is 2.35 bits per heavy atom. The monoisotopic (exact) mass is 423 g/mol. The second-order valence-corrected chi connectivity index (χ2v) is 9.24. The fourth-order valence-corrected chi connectivity index (χ4v) is 5.53. The Labute approximate surface area is 138 Å². The third-order valence-electron chi connectivity index (χ3n) is 3.95. The van der Waals surface area contributed by atoms with Crippen molar-refractivity contribution >= 4 is 41.9 Å². The van der Waals surface area contributed by atoms with Gasteiger partial charge in [0.25, 0.3) is 0 Å². The Morgan fingerprint density at radius 2 is 1.80 bits per heavy atom. The number of hydrogen-bond acceptors (Lipinski definition) is 2. The van der Waals surface area contributed by atoms with Crippen molar-refractivity contribution < 1.29 is 8.42 Å². The number of benzene rings is 1. The molecule has 0 amide bonds. The number of sulfonamides is 1. The minimum Gasteiger partial charge on any atom is -0.207 e. The van der Waals surface area contributed by atoms with Crippen molar-refractivity contribution in [2.75, 3.05) is 13.1 Å². The number of hydrogen-bond donors (Lipinski definition) is 0. The molecule has 0 aromatic heterocycles. The summed E-state index contributed by atoms with van der Waals surface area (Å²) in [6.07, 6.45) is 1.89. The molecule has 1 aromatic carbocycles. The Hall–Kier alpha value is 0.0900. The van der Waals surface area contributed by atoms with Crippen molar-refractivity contribution in [2.45, 2.75) is 31.6 Å². The highest BCUT2D eigenvalue weighted by Gasteiger charge is 2.31. The van der Waals surface area contributed by atoms with Crippen LogP contribution in [0.2, 0.25) is 0 Å². The zero-order chi connectivity index (χ0) is 14.9. The van der Waals surface area contributed by atoms with Crippen LogP contribution in [-0.4, -0.2) is 25.8 Å². The van der Waals surface area contributed by atoms with Crippen LogP contribution in [0.25, 0.3) is 0 Å². The van der Waals surface area contributed by atoms with Crippen molar-refractivity contribution in [3.63, 3.8) is 0 Å².